The lowest BCUT2D eigenvalue weighted by molar-refractivity contribution is 0.161. The van der Waals surface area contributed by atoms with Gasteiger partial charge in [0.25, 0.3) is 0 Å². The molecule has 4 heteroatoms. The Labute approximate surface area is 97.8 Å². The molecular weight excluding hydrogens is 212 g/mol. The minimum Gasteiger partial charge on any atom is -0.304 e. The largest absolute Gasteiger partial charge is 0.304 e. The highest BCUT2D eigenvalue weighted by atomic mass is 32.2. The summed E-state index contributed by atoms with van der Waals surface area (Å²) in [5, 5.41) is 0. The fourth-order valence-corrected chi connectivity index (χ4v) is 2.62. The molecule has 1 rings (SSSR count). The zero-order valence-corrected chi connectivity index (χ0v) is 11.2. The van der Waals surface area contributed by atoms with Crippen LogP contribution in [0.15, 0.2) is 0 Å². The summed E-state index contributed by atoms with van der Waals surface area (Å²) in [7, 11) is 2.20. The predicted octanol–water partition coefficient (Wildman–Crippen LogP) is 1.63. The molecule has 1 fully saturated rings. The van der Waals surface area contributed by atoms with Crippen molar-refractivity contribution in [2.24, 2.45) is 0 Å². The molecule has 1 aliphatic rings. The summed E-state index contributed by atoms with van der Waals surface area (Å²) in [6.45, 7) is 10.4. The van der Waals surface area contributed by atoms with Gasteiger partial charge in [-0.25, -0.2) is 0 Å². The predicted molar refractivity (Wildman–Crippen MR) is 69.5 cm³/mol. The van der Waals surface area contributed by atoms with Crippen LogP contribution in [0.4, 0.5) is 0 Å². The summed E-state index contributed by atoms with van der Waals surface area (Å²) in [5.41, 5.74) is 0. The van der Waals surface area contributed by atoms with Crippen LogP contribution in [0.5, 0.6) is 0 Å². The minimum atomic E-state index is 0.118. The van der Waals surface area contributed by atoms with Crippen LogP contribution in [0.3, 0.4) is 0 Å². The van der Waals surface area contributed by atoms with Crippen molar-refractivity contribution in [3.63, 3.8) is 0 Å². The number of hydrogen-bond donors (Lipinski definition) is 1. The number of piperazine rings is 1. The second kappa shape index (κ2) is 5.64. The Morgan fingerprint density at radius 1 is 1.21 bits per heavy atom. The monoisotopic (exact) mass is 234 g/mol. The molecular formula is C10H22N2S2. The van der Waals surface area contributed by atoms with Gasteiger partial charge < -0.3 is 4.90 Å². The molecule has 0 bridgehead atoms. The summed E-state index contributed by atoms with van der Waals surface area (Å²) >= 11 is 6.44. The first kappa shape index (κ1) is 12.7. The van der Waals surface area contributed by atoms with Crippen LogP contribution in [0, 0.1) is 0 Å². The number of likely N-dealkylation sites (N-methyl/N-ethyl adjacent to an activating group) is 1. The molecule has 1 heterocycles. The quantitative estimate of drug-likeness (QED) is 0.584. The molecule has 0 saturated carbocycles. The van der Waals surface area contributed by atoms with Gasteiger partial charge in [0, 0.05) is 38.5 Å². The van der Waals surface area contributed by atoms with Gasteiger partial charge >= 0.3 is 0 Å². The molecule has 14 heavy (non-hydrogen) atoms. The van der Waals surface area contributed by atoms with Crippen LogP contribution >= 0.6 is 24.4 Å². The standard InChI is InChI=1S/C10H22N2S2/c1-10(2,13)14-9-8-12-6-4-11(3)5-7-12/h13H,4-9H2,1-3H3. The van der Waals surface area contributed by atoms with Gasteiger partial charge in [-0.2, -0.15) is 12.6 Å². The normalized spacial score (nSPS) is 21.4. The Morgan fingerprint density at radius 3 is 2.29 bits per heavy atom. The average Bonchev–Trinajstić information content (AvgIpc) is 2.06. The van der Waals surface area contributed by atoms with Crippen molar-refractivity contribution < 1.29 is 0 Å². The molecule has 0 radical (unpaired) electrons. The number of hydrogen-bond acceptors (Lipinski definition) is 4. The molecule has 0 aromatic heterocycles. The molecule has 0 aromatic carbocycles. The Bertz CT molecular complexity index is 160. The smallest absolute Gasteiger partial charge is 0.0525 e. The van der Waals surface area contributed by atoms with Gasteiger partial charge in [-0.15, -0.1) is 11.8 Å². The van der Waals surface area contributed by atoms with E-state index in [1.54, 1.807) is 0 Å². The molecule has 0 aliphatic carbocycles. The maximum Gasteiger partial charge on any atom is 0.0525 e. The number of thioether (sulfide) groups is 1. The van der Waals surface area contributed by atoms with E-state index in [2.05, 4.69) is 43.3 Å². The molecule has 1 saturated heterocycles. The van der Waals surface area contributed by atoms with Crippen molar-refractivity contribution in [2.45, 2.75) is 17.9 Å². The SMILES string of the molecule is CN1CCN(CCSC(C)(C)S)CC1. The van der Waals surface area contributed by atoms with Crippen molar-refractivity contribution in [1.29, 1.82) is 0 Å². The van der Waals surface area contributed by atoms with Crippen LogP contribution in [-0.4, -0.2) is 59.4 Å². The third kappa shape index (κ3) is 5.49. The van der Waals surface area contributed by atoms with Gasteiger partial charge in [-0.3, -0.25) is 4.90 Å². The maximum atomic E-state index is 4.50. The second-order valence-corrected chi connectivity index (χ2v) is 7.58. The van der Waals surface area contributed by atoms with Crippen molar-refractivity contribution in [2.75, 3.05) is 45.5 Å². The van der Waals surface area contributed by atoms with E-state index in [1.165, 1.54) is 38.5 Å². The van der Waals surface area contributed by atoms with Crippen molar-refractivity contribution in [3.8, 4) is 0 Å². The molecule has 84 valence electrons. The number of thiol groups is 1. The van der Waals surface area contributed by atoms with E-state index in [-0.39, 0.29) is 4.08 Å². The third-order valence-electron chi connectivity index (χ3n) is 2.46. The fraction of sp³-hybridized carbons (Fsp3) is 1.00. The van der Waals surface area contributed by atoms with Crippen LogP contribution < -0.4 is 0 Å². The van der Waals surface area contributed by atoms with E-state index in [0.717, 1.165) is 0 Å². The number of nitrogens with zero attached hydrogens (tertiary/aromatic N) is 2. The Balaban J connectivity index is 2.08. The lowest BCUT2D eigenvalue weighted by Gasteiger charge is -2.32. The van der Waals surface area contributed by atoms with E-state index >= 15 is 0 Å². The summed E-state index contributed by atoms with van der Waals surface area (Å²) in [6.07, 6.45) is 0. The Hall–Kier alpha value is 0.620. The lowest BCUT2D eigenvalue weighted by atomic mass is 10.3. The fourth-order valence-electron chi connectivity index (χ4n) is 1.50. The molecule has 2 nitrogen and oxygen atoms in total. The molecule has 0 spiro atoms. The first-order valence-corrected chi connectivity index (χ1v) is 6.68. The van der Waals surface area contributed by atoms with Crippen LogP contribution in [0.2, 0.25) is 0 Å². The minimum absolute atomic E-state index is 0.118. The molecule has 0 atom stereocenters. The first-order valence-electron chi connectivity index (χ1n) is 5.24. The Kier molecular flexibility index (Phi) is 5.11. The highest BCUT2D eigenvalue weighted by molar-refractivity contribution is 8.11. The summed E-state index contributed by atoms with van der Waals surface area (Å²) in [6, 6.07) is 0. The summed E-state index contributed by atoms with van der Waals surface area (Å²) < 4.78 is 0.118. The van der Waals surface area contributed by atoms with Gasteiger partial charge in [0.05, 0.1) is 4.08 Å². The first-order chi connectivity index (χ1) is 6.47. The topological polar surface area (TPSA) is 6.48 Å². The molecule has 0 N–H and O–H groups in total. The lowest BCUT2D eigenvalue weighted by Crippen LogP contribution is -2.45. The summed E-state index contributed by atoms with van der Waals surface area (Å²) in [4.78, 5) is 4.94. The van der Waals surface area contributed by atoms with Crippen LogP contribution in [-0.2, 0) is 0 Å². The van der Waals surface area contributed by atoms with Crippen molar-refractivity contribution in [3.05, 3.63) is 0 Å². The van der Waals surface area contributed by atoms with Crippen molar-refractivity contribution >= 4 is 24.4 Å². The summed E-state index contributed by atoms with van der Waals surface area (Å²) in [5.74, 6) is 1.19. The van der Waals surface area contributed by atoms with Crippen LogP contribution in [0.25, 0.3) is 0 Å². The van der Waals surface area contributed by atoms with E-state index in [4.69, 9.17) is 0 Å². The van der Waals surface area contributed by atoms with E-state index in [0.29, 0.717) is 0 Å². The second-order valence-electron chi connectivity index (χ2n) is 4.44. The van der Waals surface area contributed by atoms with E-state index in [9.17, 15) is 0 Å². The van der Waals surface area contributed by atoms with Gasteiger partial charge in [0.1, 0.15) is 0 Å². The van der Waals surface area contributed by atoms with Gasteiger partial charge in [-0.1, -0.05) is 0 Å². The average molecular weight is 234 g/mol. The zero-order chi connectivity index (χ0) is 10.6. The van der Waals surface area contributed by atoms with E-state index < -0.39 is 0 Å². The zero-order valence-electron chi connectivity index (χ0n) is 9.49. The molecule has 1 aliphatic heterocycles. The molecule has 0 unspecified atom stereocenters. The molecule has 0 amide bonds. The highest BCUT2D eigenvalue weighted by Gasteiger charge is 2.15. The highest BCUT2D eigenvalue weighted by Crippen LogP contribution is 2.27. The van der Waals surface area contributed by atoms with Gasteiger partial charge in [0.2, 0.25) is 0 Å². The third-order valence-corrected chi connectivity index (χ3v) is 3.94. The van der Waals surface area contributed by atoms with Crippen LogP contribution in [0.1, 0.15) is 13.8 Å². The maximum absolute atomic E-state index is 4.50. The van der Waals surface area contributed by atoms with E-state index in [1.807, 2.05) is 11.8 Å². The Morgan fingerprint density at radius 2 is 1.79 bits per heavy atom. The van der Waals surface area contributed by atoms with Gasteiger partial charge in [-0.05, 0) is 20.9 Å². The number of rotatable bonds is 4. The van der Waals surface area contributed by atoms with Gasteiger partial charge in [0.15, 0.2) is 0 Å². The van der Waals surface area contributed by atoms with Crippen molar-refractivity contribution in [1.82, 2.24) is 9.80 Å². The molecule has 0 aromatic rings.